The van der Waals surface area contributed by atoms with Crippen molar-refractivity contribution in [3.63, 3.8) is 0 Å². The van der Waals surface area contributed by atoms with E-state index in [1.54, 1.807) is 0 Å². The molecule has 1 fully saturated rings. The summed E-state index contributed by atoms with van der Waals surface area (Å²) in [6.07, 6.45) is 2.06. The summed E-state index contributed by atoms with van der Waals surface area (Å²) in [5, 5.41) is 0. The van der Waals surface area contributed by atoms with Crippen molar-refractivity contribution in [1.82, 2.24) is 4.90 Å². The molecule has 0 radical (unpaired) electrons. The fourth-order valence-electron chi connectivity index (χ4n) is 2.39. The Bertz CT molecular complexity index is 428. The number of hydrogen-bond acceptors (Lipinski definition) is 2. The standard InChI is InChI=1S/C15H20BrNOS/c1-11(12-3-5-14(16)6-4-12)17(2)15(18)13-7-9-19-10-8-13/h3-6,11,13H,7-10H2,1-2H3/t11-/m1/s1. The topological polar surface area (TPSA) is 20.3 Å². The van der Waals surface area contributed by atoms with Gasteiger partial charge in [-0.25, -0.2) is 0 Å². The maximum Gasteiger partial charge on any atom is 0.225 e. The molecule has 2 nitrogen and oxygen atoms in total. The Hall–Kier alpha value is -0.480. The minimum Gasteiger partial charge on any atom is -0.339 e. The number of benzene rings is 1. The molecule has 1 aromatic carbocycles. The first-order chi connectivity index (χ1) is 9.09. The van der Waals surface area contributed by atoms with Crippen LogP contribution in [-0.4, -0.2) is 29.4 Å². The third kappa shape index (κ3) is 3.76. The number of amides is 1. The largest absolute Gasteiger partial charge is 0.339 e. The van der Waals surface area contributed by atoms with E-state index >= 15 is 0 Å². The molecule has 1 heterocycles. The van der Waals surface area contributed by atoms with Crippen molar-refractivity contribution in [3.8, 4) is 0 Å². The molecular weight excluding hydrogens is 322 g/mol. The Balaban J connectivity index is 2.03. The van der Waals surface area contributed by atoms with Gasteiger partial charge < -0.3 is 4.90 Å². The van der Waals surface area contributed by atoms with Crippen molar-refractivity contribution in [2.45, 2.75) is 25.8 Å². The predicted octanol–water partition coefficient (Wildman–Crippen LogP) is 4.11. The lowest BCUT2D eigenvalue weighted by atomic mass is 9.99. The van der Waals surface area contributed by atoms with Gasteiger partial charge in [-0.3, -0.25) is 4.79 Å². The van der Waals surface area contributed by atoms with Crippen molar-refractivity contribution >= 4 is 33.6 Å². The van der Waals surface area contributed by atoms with Crippen LogP contribution in [0, 0.1) is 5.92 Å². The van der Waals surface area contributed by atoms with E-state index < -0.39 is 0 Å². The first-order valence-electron chi connectivity index (χ1n) is 6.69. The Kier molecular flexibility index (Phi) is 5.34. The quantitative estimate of drug-likeness (QED) is 0.824. The molecule has 4 heteroatoms. The van der Waals surface area contributed by atoms with Crippen LogP contribution in [0.5, 0.6) is 0 Å². The molecule has 0 spiro atoms. The zero-order valence-electron chi connectivity index (χ0n) is 11.4. The molecule has 1 aromatic rings. The van der Waals surface area contributed by atoms with Crippen LogP contribution in [-0.2, 0) is 4.79 Å². The van der Waals surface area contributed by atoms with E-state index in [0.717, 1.165) is 28.8 Å². The Morgan fingerprint density at radius 3 is 2.47 bits per heavy atom. The molecule has 1 aliphatic rings. The molecule has 0 N–H and O–H groups in total. The third-order valence-electron chi connectivity index (χ3n) is 3.85. The number of carbonyl (C=O) groups excluding carboxylic acids is 1. The molecule has 1 amide bonds. The van der Waals surface area contributed by atoms with E-state index in [1.165, 1.54) is 5.56 Å². The average Bonchev–Trinajstić information content (AvgIpc) is 2.46. The van der Waals surface area contributed by atoms with Crippen LogP contribution in [0.25, 0.3) is 0 Å². The molecule has 0 aliphatic carbocycles. The molecule has 0 aromatic heterocycles. The summed E-state index contributed by atoms with van der Waals surface area (Å²) in [4.78, 5) is 14.4. The lowest BCUT2D eigenvalue weighted by molar-refractivity contribution is -0.136. The third-order valence-corrected chi connectivity index (χ3v) is 5.43. The van der Waals surface area contributed by atoms with Gasteiger partial charge in [-0.2, -0.15) is 11.8 Å². The van der Waals surface area contributed by atoms with Crippen molar-refractivity contribution in [3.05, 3.63) is 34.3 Å². The smallest absolute Gasteiger partial charge is 0.225 e. The van der Waals surface area contributed by atoms with E-state index in [2.05, 4.69) is 35.0 Å². The Morgan fingerprint density at radius 2 is 1.89 bits per heavy atom. The molecule has 0 bridgehead atoms. The van der Waals surface area contributed by atoms with Crippen LogP contribution in [0.3, 0.4) is 0 Å². The first kappa shape index (κ1) is 14.9. The second-order valence-electron chi connectivity index (χ2n) is 5.06. The Labute approximate surface area is 128 Å². The van der Waals surface area contributed by atoms with E-state index in [1.807, 2.05) is 35.8 Å². The number of thioether (sulfide) groups is 1. The minimum absolute atomic E-state index is 0.134. The number of rotatable bonds is 3. The van der Waals surface area contributed by atoms with Crippen molar-refractivity contribution in [2.24, 2.45) is 5.92 Å². The summed E-state index contributed by atoms with van der Waals surface area (Å²) in [6, 6.07) is 8.35. The first-order valence-corrected chi connectivity index (χ1v) is 8.64. The van der Waals surface area contributed by atoms with Crippen molar-refractivity contribution in [1.29, 1.82) is 0 Å². The number of hydrogen-bond donors (Lipinski definition) is 0. The minimum atomic E-state index is 0.134. The van der Waals surface area contributed by atoms with Gasteiger partial charge in [-0.1, -0.05) is 28.1 Å². The van der Waals surface area contributed by atoms with Gasteiger partial charge in [0.25, 0.3) is 0 Å². The van der Waals surface area contributed by atoms with Crippen LogP contribution >= 0.6 is 27.7 Å². The van der Waals surface area contributed by atoms with Gasteiger partial charge in [-0.15, -0.1) is 0 Å². The molecular formula is C15H20BrNOS. The van der Waals surface area contributed by atoms with Gasteiger partial charge in [0.15, 0.2) is 0 Å². The molecule has 0 saturated carbocycles. The lowest BCUT2D eigenvalue weighted by Crippen LogP contribution is -2.36. The van der Waals surface area contributed by atoms with Gasteiger partial charge >= 0.3 is 0 Å². The number of carbonyl (C=O) groups is 1. The highest BCUT2D eigenvalue weighted by Crippen LogP contribution is 2.28. The zero-order valence-corrected chi connectivity index (χ0v) is 13.8. The second-order valence-corrected chi connectivity index (χ2v) is 7.20. The van der Waals surface area contributed by atoms with Crippen LogP contribution < -0.4 is 0 Å². The second kappa shape index (κ2) is 6.80. The maximum absolute atomic E-state index is 12.5. The summed E-state index contributed by atoms with van der Waals surface area (Å²) in [6.45, 7) is 2.10. The fraction of sp³-hybridized carbons (Fsp3) is 0.533. The Morgan fingerprint density at radius 1 is 1.32 bits per heavy atom. The van der Waals surface area contributed by atoms with Gasteiger partial charge in [0.1, 0.15) is 0 Å². The molecule has 1 aliphatic heterocycles. The van der Waals surface area contributed by atoms with E-state index in [0.29, 0.717) is 5.91 Å². The van der Waals surface area contributed by atoms with Crippen LogP contribution in [0.15, 0.2) is 28.7 Å². The van der Waals surface area contributed by atoms with Crippen LogP contribution in [0.4, 0.5) is 0 Å². The molecule has 19 heavy (non-hydrogen) atoms. The van der Waals surface area contributed by atoms with Gasteiger partial charge in [-0.05, 0) is 49.0 Å². The van der Waals surface area contributed by atoms with Crippen molar-refractivity contribution in [2.75, 3.05) is 18.6 Å². The average molecular weight is 342 g/mol. The van der Waals surface area contributed by atoms with E-state index in [4.69, 9.17) is 0 Å². The lowest BCUT2D eigenvalue weighted by Gasteiger charge is -2.31. The van der Waals surface area contributed by atoms with Crippen LogP contribution in [0.2, 0.25) is 0 Å². The number of nitrogens with zero attached hydrogens (tertiary/aromatic N) is 1. The molecule has 1 saturated heterocycles. The number of halogens is 1. The van der Waals surface area contributed by atoms with E-state index in [-0.39, 0.29) is 12.0 Å². The molecule has 0 unspecified atom stereocenters. The predicted molar refractivity (Wildman–Crippen MR) is 85.4 cm³/mol. The van der Waals surface area contributed by atoms with Gasteiger partial charge in [0, 0.05) is 17.4 Å². The summed E-state index contributed by atoms with van der Waals surface area (Å²) in [7, 11) is 1.93. The SMILES string of the molecule is C[C@H](c1ccc(Br)cc1)N(C)C(=O)C1CCSCC1. The van der Waals surface area contributed by atoms with Crippen LogP contribution in [0.1, 0.15) is 31.4 Å². The van der Waals surface area contributed by atoms with Gasteiger partial charge in [0.2, 0.25) is 5.91 Å². The summed E-state index contributed by atoms with van der Waals surface area (Å²) in [5.41, 5.74) is 1.18. The maximum atomic E-state index is 12.5. The highest BCUT2D eigenvalue weighted by molar-refractivity contribution is 9.10. The normalized spacial score (nSPS) is 18.1. The molecule has 1 atom stereocenters. The molecule has 2 rings (SSSR count). The molecule has 104 valence electrons. The van der Waals surface area contributed by atoms with Crippen molar-refractivity contribution < 1.29 is 4.79 Å². The van der Waals surface area contributed by atoms with E-state index in [9.17, 15) is 4.79 Å². The summed E-state index contributed by atoms with van der Waals surface area (Å²) < 4.78 is 1.07. The van der Waals surface area contributed by atoms with Gasteiger partial charge in [0.05, 0.1) is 6.04 Å². The highest BCUT2D eigenvalue weighted by atomic mass is 79.9. The monoisotopic (exact) mass is 341 g/mol. The summed E-state index contributed by atoms with van der Waals surface area (Å²) in [5.74, 6) is 2.77. The zero-order chi connectivity index (χ0) is 13.8. The fourth-order valence-corrected chi connectivity index (χ4v) is 3.76. The highest BCUT2D eigenvalue weighted by Gasteiger charge is 2.27. The summed E-state index contributed by atoms with van der Waals surface area (Å²) >= 11 is 5.40.